The maximum absolute atomic E-state index is 12.2. The lowest BCUT2D eigenvalue weighted by molar-refractivity contribution is -0.184. The molecule has 2 bridgehead atoms. The number of fused-ring (bicyclic) bond motifs is 2. The molecule has 0 aliphatic carbocycles. The number of carbonyl (C=O) groups excluding carboxylic acids is 3. The first-order valence-corrected chi connectivity index (χ1v) is 7.67. The Morgan fingerprint density at radius 2 is 1.95 bits per heavy atom. The van der Waals surface area contributed by atoms with Crippen LogP contribution in [0.5, 0.6) is 0 Å². The molecular formula is C13H16INO7. The fourth-order valence-electron chi connectivity index (χ4n) is 2.52. The van der Waals surface area contributed by atoms with E-state index in [-0.39, 0.29) is 9.68 Å². The van der Waals surface area contributed by atoms with Crippen LogP contribution >= 0.6 is 22.6 Å². The number of rotatable bonds is 1. The van der Waals surface area contributed by atoms with Crippen LogP contribution in [0.15, 0.2) is 12.0 Å². The maximum Gasteiger partial charge on any atom is 0.513 e. The predicted octanol–water partition coefficient (Wildman–Crippen LogP) is 2.02. The summed E-state index contributed by atoms with van der Waals surface area (Å²) in [5, 5.41) is 0. The Bertz CT molecular complexity index is 545. The molecule has 1 saturated heterocycles. The molecule has 0 saturated carbocycles. The fourth-order valence-corrected chi connectivity index (χ4v) is 4.27. The number of methoxy groups -OCH3 is 2. The molecule has 0 spiro atoms. The number of nitrogens with zero attached hydrogens (tertiary/aromatic N) is 1. The summed E-state index contributed by atoms with van der Waals surface area (Å²) in [5.74, 6) is -0.766. The number of hydrogen-bond acceptors (Lipinski definition) is 7. The molecule has 1 unspecified atom stereocenters. The number of carbonyl (C=O) groups is 3. The van der Waals surface area contributed by atoms with Crippen LogP contribution in [0.2, 0.25) is 0 Å². The number of alkyl halides is 1. The highest BCUT2D eigenvalue weighted by molar-refractivity contribution is 14.1. The number of ether oxygens (including phenoxy) is 4. The van der Waals surface area contributed by atoms with Gasteiger partial charge >= 0.3 is 18.2 Å². The second kappa shape index (κ2) is 5.94. The van der Waals surface area contributed by atoms with Crippen LogP contribution in [-0.4, -0.2) is 47.5 Å². The summed E-state index contributed by atoms with van der Waals surface area (Å²) >= 11 is 2.07. The third-order valence-corrected chi connectivity index (χ3v) is 5.06. The van der Waals surface area contributed by atoms with Crippen LogP contribution in [-0.2, 0) is 23.7 Å². The van der Waals surface area contributed by atoms with Gasteiger partial charge in [0.2, 0.25) is 0 Å². The zero-order chi connectivity index (χ0) is 16.7. The van der Waals surface area contributed by atoms with E-state index < -0.39 is 35.8 Å². The van der Waals surface area contributed by atoms with Crippen molar-refractivity contribution in [3.8, 4) is 0 Å². The van der Waals surface area contributed by atoms with Crippen LogP contribution < -0.4 is 0 Å². The SMILES string of the molecule is COC(=O)OC1=CN(C(=O)OC)[C@@H]2OC(=O)C(C)(C)[C@H]1C2I. The Balaban J connectivity index is 2.49. The second-order valence-electron chi connectivity index (χ2n) is 5.40. The summed E-state index contributed by atoms with van der Waals surface area (Å²) in [4.78, 5) is 36.6. The van der Waals surface area contributed by atoms with Gasteiger partial charge in [-0.2, -0.15) is 0 Å². The molecule has 2 heterocycles. The number of esters is 1. The van der Waals surface area contributed by atoms with Gasteiger partial charge in [0.15, 0.2) is 6.23 Å². The minimum Gasteiger partial charge on any atom is -0.452 e. The normalized spacial score (nSPS) is 29.1. The molecule has 1 amide bonds. The summed E-state index contributed by atoms with van der Waals surface area (Å²) in [6.45, 7) is 3.40. The first-order chi connectivity index (χ1) is 10.2. The smallest absolute Gasteiger partial charge is 0.452 e. The number of hydrogen-bond donors (Lipinski definition) is 0. The zero-order valence-corrected chi connectivity index (χ0v) is 14.6. The van der Waals surface area contributed by atoms with Crippen molar-refractivity contribution < 1.29 is 33.3 Å². The summed E-state index contributed by atoms with van der Waals surface area (Å²) < 4.78 is 19.4. The van der Waals surface area contributed by atoms with E-state index in [1.807, 2.05) is 0 Å². The molecule has 9 heteroatoms. The van der Waals surface area contributed by atoms with Gasteiger partial charge in [-0.25, -0.2) is 14.5 Å². The number of amides is 1. The van der Waals surface area contributed by atoms with Gasteiger partial charge in [0.1, 0.15) is 5.76 Å². The molecule has 8 nitrogen and oxygen atoms in total. The fraction of sp³-hybridized carbons (Fsp3) is 0.615. The zero-order valence-electron chi connectivity index (χ0n) is 12.5. The summed E-state index contributed by atoms with van der Waals surface area (Å²) in [7, 11) is 2.38. The largest absolute Gasteiger partial charge is 0.513 e. The minimum atomic E-state index is -0.923. The summed E-state index contributed by atoms with van der Waals surface area (Å²) in [6.07, 6.45) is -1.14. The predicted molar refractivity (Wildman–Crippen MR) is 80.8 cm³/mol. The average molecular weight is 425 g/mol. The van der Waals surface area contributed by atoms with E-state index >= 15 is 0 Å². The molecule has 0 aromatic carbocycles. The van der Waals surface area contributed by atoms with Crippen molar-refractivity contribution in [3.63, 3.8) is 0 Å². The Labute approximate surface area is 140 Å². The van der Waals surface area contributed by atoms with Crippen molar-refractivity contribution in [2.24, 2.45) is 11.3 Å². The standard InChI is InChI=1S/C13H16INO7/c1-13(2)7-6(21-12(18)20-4)5-15(11(17)19-3)9(8(7)14)22-10(13)16/h5,7-9H,1-4H3/t7-,8?,9-/m1/s1. The molecule has 2 rings (SSSR count). The van der Waals surface area contributed by atoms with Gasteiger partial charge in [-0.15, -0.1) is 0 Å². The van der Waals surface area contributed by atoms with Gasteiger partial charge in [0.25, 0.3) is 0 Å². The molecule has 2 aliphatic rings. The van der Waals surface area contributed by atoms with Crippen LogP contribution in [0, 0.1) is 11.3 Å². The van der Waals surface area contributed by atoms with Crippen LogP contribution in [0.25, 0.3) is 0 Å². The molecule has 122 valence electrons. The van der Waals surface area contributed by atoms with E-state index in [0.717, 1.165) is 4.90 Å². The highest BCUT2D eigenvalue weighted by Crippen LogP contribution is 2.49. The Morgan fingerprint density at radius 3 is 2.50 bits per heavy atom. The van der Waals surface area contributed by atoms with Crippen molar-refractivity contribution in [3.05, 3.63) is 12.0 Å². The van der Waals surface area contributed by atoms with E-state index in [9.17, 15) is 14.4 Å². The van der Waals surface area contributed by atoms with Gasteiger partial charge < -0.3 is 18.9 Å². The molecule has 0 radical (unpaired) electrons. The number of halogens is 1. The number of allylic oxidation sites excluding steroid dienone is 1. The first-order valence-electron chi connectivity index (χ1n) is 6.43. The Morgan fingerprint density at radius 1 is 1.32 bits per heavy atom. The molecule has 2 aliphatic heterocycles. The summed E-state index contributed by atoms with van der Waals surface area (Å²) in [6, 6.07) is 0. The maximum atomic E-state index is 12.2. The van der Waals surface area contributed by atoms with Crippen molar-refractivity contribution >= 4 is 40.8 Å². The van der Waals surface area contributed by atoms with E-state index in [2.05, 4.69) is 32.1 Å². The topological polar surface area (TPSA) is 91.4 Å². The van der Waals surface area contributed by atoms with Crippen LogP contribution in [0.3, 0.4) is 0 Å². The monoisotopic (exact) mass is 425 g/mol. The minimum absolute atomic E-state index is 0.162. The Hall–Kier alpha value is -1.52. The highest BCUT2D eigenvalue weighted by Gasteiger charge is 2.58. The average Bonchev–Trinajstić information content (AvgIpc) is 2.46. The van der Waals surface area contributed by atoms with Gasteiger partial charge in [-0.3, -0.25) is 4.79 Å². The van der Waals surface area contributed by atoms with Crippen molar-refractivity contribution in [1.29, 1.82) is 0 Å². The molecule has 22 heavy (non-hydrogen) atoms. The van der Waals surface area contributed by atoms with Gasteiger partial charge in [-0.1, -0.05) is 22.6 Å². The van der Waals surface area contributed by atoms with E-state index in [1.54, 1.807) is 13.8 Å². The second-order valence-corrected chi connectivity index (χ2v) is 6.84. The summed E-state index contributed by atoms with van der Waals surface area (Å²) in [5.41, 5.74) is -0.912. The molecular weight excluding hydrogens is 409 g/mol. The van der Waals surface area contributed by atoms with E-state index in [4.69, 9.17) is 9.47 Å². The quantitative estimate of drug-likeness (QED) is 0.275. The van der Waals surface area contributed by atoms with Crippen LogP contribution in [0.1, 0.15) is 13.8 Å². The van der Waals surface area contributed by atoms with Gasteiger partial charge in [0.05, 0.1) is 35.7 Å². The van der Waals surface area contributed by atoms with Crippen molar-refractivity contribution in [2.75, 3.05) is 14.2 Å². The van der Waals surface area contributed by atoms with Gasteiger partial charge in [0, 0.05) is 0 Å². The van der Waals surface area contributed by atoms with Crippen molar-refractivity contribution in [2.45, 2.75) is 24.0 Å². The lowest BCUT2D eigenvalue weighted by Gasteiger charge is -2.49. The first kappa shape index (κ1) is 16.8. The molecule has 0 aromatic heterocycles. The molecule has 0 N–H and O–H groups in total. The third-order valence-electron chi connectivity index (χ3n) is 3.72. The molecule has 3 atom stereocenters. The molecule has 1 fully saturated rings. The molecule has 0 aromatic rings. The Kier molecular flexibility index (Phi) is 4.54. The van der Waals surface area contributed by atoms with Crippen molar-refractivity contribution in [1.82, 2.24) is 4.90 Å². The van der Waals surface area contributed by atoms with E-state index in [0.29, 0.717) is 0 Å². The highest BCUT2D eigenvalue weighted by atomic mass is 127. The lowest BCUT2D eigenvalue weighted by Crippen LogP contribution is -2.60. The lowest BCUT2D eigenvalue weighted by atomic mass is 9.72. The van der Waals surface area contributed by atoms with E-state index in [1.165, 1.54) is 20.4 Å². The third kappa shape index (κ3) is 2.61. The van der Waals surface area contributed by atoms with Gasteiger partial charge in [-0.05, 0) is 13.8 Å². The van der Waals surface area contributed by atoms with Crippen LogP contribution in [0.4, 0.5) is 9.59 Å².